The summed E-state index contributed by atoms with van der Waals surface area (Å²) in [7, 11) is 0. The summed E-state index contributed by atoms with van der Waals surface area (Å²) in [4.78, 5) is 44.0. The maximum absolute atomic E-state index is 13.7. The SMILES string of the molecule is O=C(Nc1ccc(Cl)cc1)[C@@H]1[C@@H]2C(=O)N(c3ccc(F)cc3)C(=O)[C@@H]2[C@H]2C=Cc3ccccc3N21. The molecular weight excluding hydrogens is 469 g/mol. The molecule has 2 saturated heterocycles. The number of nitrogens with zero attached hydrogens (tertiary/aromatic N) is 2. The molecule has 3 amide bonds. The van der Waals surface area contributed by atoms with Gasteiger partial charge in [-0.05, 0) is 60.2 Å². The fourth-order valence-electron chi connectivity index (χ4n) is 5.41. The number of nitrogens with one attached hydrogen (secondary N) is 1. The molecule has 6 rings (SSSR count). The first-order chi connectivity index (χ1) is 16.9. The minimum absolute atomic E-state index is 0.291. The van der Waals surface area contributed by atoms with E-state index in [2.05, 4.69) is 5.32 Å². The lowest BCUT2D eigenvalue weighted by Crippen LogP contribution is -2.50. The summed E-state index contributed by atoms with van der Waals surface area (Å²) in [6.07, 6.45) is 3.81. The van der Waals surface area contributed by atoms with Crippen LogP contribution < -0.4 is 15.1 Å². The molecule has 3 aliphatic rings. The number of amides is 3. The quantitative estimate of drug-likeness (QED) is 0.552. The number of rotatable bonds is 3. The number of carbonyl (C=O) groups is 3. The first kappa shape index (κ1) is 21.6. The Morgan fingerprint density at radius 2 is 1.57 bits per heavy atom. The highest BCUT2D eigenvalue weighted by Crippen LogP contribution is 2.49. The number of halogens is 2. The van der Waals surface area contributed by atoms with Gasteiger partial charge in [-0.25, -0.2) is 9.29 Å². The Morgan fingerprint density at radius 3 is 2.31 bits per heavy atom. The van der Waals surface area contributed by atoms with Crippen LogP contribution in [0, 0.1) is 17.7 Å². The molecule has 3 aliphatic heterocycles. The van der Waals surface area contributed by atoms with Crippen LogP contribution in [-0.2, 0) is 14.4 Å². The highest BCUT2D eigenvalue weighted by molar-refractivity contribution is 6.30. The van der Waals surface area contributed by atoms with Gasteiger partial charge in [-0.3, -0.25) is 14.4 Å². The van der Waals surface area contributed by atoms with Gasteiger partial charge < -0.3 is 10.2 Å². The second kappa shape index (κ2) is 8.06. The second-order valence-corrected chi connectivity index (χ2v) is 9.23. The second-order valence-electron chi connectivity index (χ2n) is 8.80. The monoisotopic (exact) mass is 487 g/mol. The standard InChI is InChI=1S/C27H19ClFN3O3/c28-16-6-10-18(11-7-16)30-25(33)24-23-22(21-14-5-15-3-1-2-4-20(15)32(21)24)26(34)31(27(23)35)19-12-8-17(29)9-13-19/h1-14,21-24H,(H,30,33)/t21-,22-,23-,24+/m1/s1. The third kappa shape index (κ3) is 3.34. The van der Waals surface area contributed by atoms with E-state index in [9.17, 15) is 18.8 Å². The molecule has 3 aromatic carbocycles. The molecule has 3 aromatic rings. The average molecular weight is 488 g/mol. The Morgan fingerprint density at radius 1 is 0.886 bits per heavy atom. The molecule has 0 bridgehead atoms. The smallest absolute Gasteiger partial charge is 0.247 e. The van der Waals surface area contributed by atoms with Crippen molar-refractivity contribution in [1.82, 2.24) is 0 Å². The minimum Gasteiger partial charge on any atom is -0.351 e. The van der Waals surface area contributed by atoms with Crippen molar-refractivity contribution in [2.75, 3.05) is 15.1 Å². The van der Waals surface area contributed by atoms with Crippen LogP contribution in [0.2, 0.25) is 5.02 Å². The Hall–Kier alpha value is -3.97. The van der Waals surface area contributed by atoms with Gasteiger partial charge in [0.25, 0.3) is 0 Å². The summed E-state index contributed by atoms with van der Waals surface area (Å²) in [6.45, 7) is 0. The maximum Gasteiger partial charge on any atom is 0.247 e. The van der Waals surface area contributed by atoms with Gasteiger partial charge in [-0.1, -0.05) is 42.0 Å². The summed E-state index contributed by atoms with van der Waals surface area (Å²) in [5.41, 5.74) is 2.52. The third-order valence-corrected chi connectivity index (χ3v) is 7.13. The number of anilines is 3. The Bertz CT molecular complexity index is 1390. The van der Waals surface area contributed by atoms with Crippen molar-refractivity contribution in [2.45, 2.75) is 12.1 Å². The van der Waals surface area contributed by atoms with E-state index < -0.39 is 47.5 Å². The van der Waals surface area contributed by atoms with Gasteiger partial charge in [0.05, 0.1) is 23.6 Å². The van der Waals surface area contributed by atoms with Gasteiger partial charge in [0.1, 0.15) is 11.9 Å². The summed E-state index contributed by atoms with van der Waals surface area (Å²) in [6, 6.07) is 18.1. The summed E-state index contributed by atoms with van der Waals surface area (Å²) in [5.74, 6) is -3.38. The highest BCUT2D eigenvalue weighted by atomic mass is 35.5. The topological polar surface area (TPSA) is 69.7 Å². The van der Waals surface area contributed by atoms with Crippen LogP contribution in [0.15, 0.2) is 78.9 Å². The van der Waals surface area contributed by atoms with Crippen molar-refractivity contribution in [3.8, 4) is 0 Å². The van der Waals surface area contributed by atoms with Gasteiger partial charge in [0, 0.05) is 16.4 Å². The predicted octanol–water partition coefficient (Wildman–Crippen LogP) is 4.51. The fourth-order valence-corrected chi connectivity index (χ4v) is 5.53. The molecule has 0 unspecified atom stereocenters. The molecular formula is C27H19ClFN3O3. The summed E-state index contributed by atoms with van der Waals surface area (Å²) < 4.78 is 13.5. The average Bonchev–Trinajstić information content (AvgIpc) is 3.34. The molecule has 174 valence electrons. The first-order valence-electron chi connectivity index (χ1n) is 11.2. The number of imide groups is 1. The number of hydrogen-bond donors (Lipinski definition) is 1. The number of carbonyl (C=O) groups excluding carboxylic acids is 3. The predicted molar refractivity (Wildman–Crippen MR) is 131 cm³/mol. The Balaban J connectivity index is 1.43. The molecule has 3 heterocycles. The zero-order valence-corrected chi connectivity index (χ0v) is 19.0. The molecule has 0 radical (unpaired) electrons. The van der Waals surface area contributed by atoms with Gasteiger partial charge in [-0.15, -0.1) is 0 Å². The van der Waals surface area contributed by atoms with Crippen molar-refractivity contribution >= 4 is 52.5 Å². The summed E-state index contributed by atoms with van der Waals surface area (Å²) >= 11 is 5.98. The van der Waals surface area contributed by atoms with Crippen LogP contribution in [0.4, 0.5) is 21.5 Å². The molecule has 4 atom stereocenters. The van der Waals surface area contributed by atoms with Crippen LogP contribution >= 0.6 is 11.6 Å². The van der Waals surface area contributed by atoms with E-state index in [1.54, 1.807) is 24.3 Å². The zero-order valence-electron chi connectivity index (χ0n) is 18.3. The molecule has 8 heteroatoms. The van der Waals surface area contributed by atoms with E-state index in [0.717, 1.165) is 16.2 Å². The number of fused-ring (bicyclic) bond motifs is 5. The lowest BCUT2D eigenvalue weighted by molar-refractivity contribution is -0.126. The van der Waals surface area contributed by atoms with Crippen LogP contribution in [-0.4, -0.2) is 29.8 Å². The minimum atomic E-state index is -0.923. The third-order valence-electron chi connectivity index (χ3n) is 6.88. The van der Waals surface area contributed by atoms with E-state index >= 15 is 0 Å². The van der Waals surface area contributed by atoms with E-state index in [-0.39, 0.29) is 0 Å². The number of para-hydroxylation sites is 1. The van der Waals surface area contributed by atoms with Crippen molar-refractivity contribution in [3.63, 3.8) is 0 Å². The highest BCUT2D eigenvalue weighted by Gasteiger charge is 2.64. The molecule has 0 aromatic heterocycles. The van der Waals surface area contributed by atoms with Crippen molar-refractivity contribution in [3.05, 3.63) is 95.3 Å². The fraction of sp³-hybridized carbons (Fsp3) is 0.148. The van der Waals surface area contributed by atoms with E-state index in [1.165, 1.54) is 24.3 Å². The first-order valence-corrected chi connectivity index (χ1v) is 11.6. The van der Waals surface area contributed by atoms with Gasteiger partial charge in [0.15, 0.2) is 0 Å². The molecule has 6 nitrogen and oxygen atoms in total. The molecule has 1 N–H and O–H groups in total. The van der Waals surface area contributed by atoms with Crippen LogP contribution in [0.3, 0.4) is 0 Å². The normalized spacial score (nSPS) is 24.3. The van der Waals surface area contributed by atoms with E-state index in [0.29, 0.717) is 16.4 Å². The van der Waals surface area contributed by atoms with Crippen molar-refractivity contribution in [2.24, 2.45) is 11.8 Å². The van der Waals surface area contributed by atoms with Crippen molar-refractivity contribution in [1.29, 1.82) is 0 Å². The molecule has 0 saturated carbocycles. The summed E-state index contributed by atoms with van der Waals surface area (Å²) in [5, 5.41) is 3.42. The van der Waals surface area contributed by atoms with Crippen LogP contribution in [0.25, 0.3) is 6.08 Å². The zero-order chi connectivity index (χ0) is 24.3. The maximum atomic E-state index is 13.7. The van der Waals surface area contributed by atoms with Gasteiger partial charge in [-0.2, -0.15) is 0 Å². The lowest BCUT2D eigenvalue weighted by Gasteiger charge is -2.36. The van der Waals surface area contributed by atoms with Gasteiger partial charge in [0.2, 0.25) is 17.7 Å². The Kier molecular flexibility index (Phi) is 4.96. The number of hydrogen-bond acceptors (Lipinski definition) is 4. The lowest BCUT2D eigenvalue weighted by atomic mass is 9.88. The molecule has 2 fully saturated rings. The molecule has 0 spiro atoms. The van der Waals surface area contributed by atoms with Crippen LogP contribution in [0.5, 0.6) is 0 Å². The van der Waals surface area contributed by atoms with E-state index in [4.69, 9.17) is 11.6 Å². The largest absolute Gasteiger partial charge is 0.351 e. The van der Waals surface area contributed by atoms with Crippen LogP contribution in [0.1, 0.15) is 5.56 Å². The number of benzene rings is 3. The molecule has 0 aliphatic carbocycles. The van der Waals surface area contributed by atoms with Crippen molar-refractivity contribution < 1.29 is 18.8 Å². The van der Waals surface area contributed by atoms with E-state index in [1.807, 2.05) is 41.3 Å². The van der Waals surface area contributed by atoms with Gasteiger partial charge >= 0.3 is 0 Å². The molecule has 35 heavy (non-hydrogen) atoms. The Labute approximate surface area is 205 Å².